The van der Waals surface area contributed by atoms with Crippen molar-refractivity contribution in [2.45, 2.75) is 30.1 Å². The summed E-state index contributed by atoms with van der Waals surface area (Å²) < 4.78 is 1.36. The molecule has 6 nitrogen and oxygen atoms in total. The molecule has 0 aliphatic heterocycles. The molecule has 3 rings (SSSR count). The summed E-state index contributed by atoms with van der Waals surface area (Å²) in [5.41, 5.74) is 2.18. The lowest BCUT2D eigenvalue weighted by atomic mass is 10.1. The second-order valence-corrected chi connectivity index (χ2v) is 7.42. The van der Waals surface area contributed by atoms with E-state index in [2.05, 4.69) is 5.10 Å². The van der Waals surface area contributed by atoms with Crippen molar-refractivity contribution in [3.63, 3.8) is 0 Å². The number of nitro groups is 1. The van der Waals surface area contributed by atoms with E-state index in [4.69, 9.17) is 11.6 Å². The quantitative estimate of drug-likeness (QED) is 0.439. The fraction of sp³-hybridized carbons (Fsp3) is 0.158. The Hall–Kier alpha value is -2.64. The van der Waals surface area contributed by atoms with Crippen LogP contribution in [0.25, 0.3) is 0 Å². The summed E-state index contributed by atoms with van der Waals surface area (Å²) in [4.78, 5) is 24.7. The molecule has 138 valence electrons. The van der Waals surface area contributed by atoms with E-state index in [1.807, 2.05) is 0 Å². The number of carbonyl (C=O) groups excluding carboxylic acids is 1. The molecule has 0 aliphatic rings. The highest BCUT2D eigenvalue weighted by Crippen LogP contribution is 2.37. The van der Waals surface area contributed by atoms with Crippen molar-refractivity contribution < 1.29 is 9.72 Å². The van der Waals surface area contributed by atoms with E-state index in [-0.39, 0.29) is 18.0 Å². The Kier molecular flexibility index (Phi) is 5.62. The third-order valence-electron chi connectivity index (χ3n) is 4.00. The van der Waals surface area contributed by atoms with Gasteiger partial charge in [0.25, 0.3) is 11.6 Å². The number of aryl methyl sites for hydroxylation is 1. The molecule has 0 saturated heterocycles. The van der Waals surface area contributed by atoms with Gasteiger partial charge in [-0.25, -0.2) is 4.68 Å². The molecule has 0 fully saturated rings. The van der Waals surface area contributed by atoms with Gasteiger partial charge in [0.05, 0.1) is 32.5 Å². The number of para-hydroxylation sites is 1. The Morgan fingerprint density at radius 1 is 1.19 bits per heavy atom. The van der Waals surface area contributed by atoms with E-state index in [1.54, 1.807) is 56.3 Å². The SMILES string of the molecule is Cc1nn(C(=O)Cc2ccc(Cl)cc2)c(C)c1Sc1ccccc1[N+](=O)[O-]. The Labute approximate surface area is 165 Å². The average molecular weight is 402 g/mol. The fourth-order valence-electron chi connectivity index (χ4n) is 2.67. The minimum Gasteiger partial charge on any atom is -0.272 e. The van der Waals surface area contributed by atoms with Gasteiger partial charge >= 0.3 is 0 Å². The second kappa shape index (κ2) is 7.94. The fourth-order valence-corrected chi connectivity index (χ4v) is 3.84. The van der Waals surface area contributed by atoms with Crippen LogP contribution in [0.5, 0.6) is 0 Å². The zero-order valence-electron chi connectivity index (χ0n) is 14.7. The van der Waals surface area contributed by atoms with Crippen molar-refractivity contribution in [1.29, 1.82) is 0 Å². The first-order valence-electron chi connectivity index (χ1n) is 8.12. The van der Waals surface area contributed by atoms with Gasteiger partial charge in [-0.05, 0) is 37.6 Å². The molecular formula is C19H16ClN3O3S. The molecule has 8 heteroatoms. The summed E-state index contributed by atoms with van der Waals surface area (Å²) in [7, 11) is 0. The van der Waals surface area contributed by atoms with Gasteiger partial charge in [-0.1, -0.05) is 47.6 Å². The Bertz CT molecular complexity index is 1020. The van der Waals surface area contributed by atoms with Crippen molar-refractivity contribution in [2.75, 3.05) is 0 Å². The van der Waals surface area contributed by atoms with Crippen molar-refractivity contribution >= 4 is 35.0 Å². The Morgan fingerprint density at radius 3 is 2.52 bits per heavy atom. The third kappa shape index (κ3) is 4.20. The summed E-state index contributed by atoms with van der Waals surface area (Å²) in [6.07, 6.45) is 0.189. The molecule has 0 aliphatic carbocycles. The van der Waals surface area contributed by atoms with E-state index >= 15 is 0 Å². The summed E-state index contributed by atoms with van der Waals surface area (Å²) in [6.45, 7) is 3.58. The molecule has 1 heterocycles. The van der Waals surface area contributed by atoms with E-state index in [0.717, 1.165) is 10.5 Å². The molecule has 3 aromatic rings. The first kappa shape index (κ1) is 19.1. The smallest absolute Gasteiger partial charge is 0.272 e. The van der Waals surface area contributed by atoms with Crippen LogP contribution in [-0.2, 0) is 6.42 Å². The molecule has 0 bridgehead atoms. The van der Waals surface area contributed by atoms with Gasteiger partial charge in [0, 0.05) is 11.1 Å². The highest BCUT2D eigenvalue weighted by molar-refractivity contribution is 7.99. The average Bonchev–Trinajstić information content (AvgIpc) is 2.92. The minimum absolute atomic E-state index is 0.0292. The minimum atomic E-state index is -0.414. The maximum absolute atomic E-state index is 12.7. The van der Waals surface area contributed by atoms with Crippen molar-refractivity contribution in [2.24, 2.45) is 0 Å². The molecule has 2 aromatic carbocycles. The Morgan fingerprint density at radius 2 is 1.85 bits per heavy atom. The predicted molar refractivity (Wildman–Crippen MR) is 105 cm³/mol. The van der Waals surface area contributed by atoms with Crippen molar-refractivity contribution in [3.8, 4) is 0 Å². The topological polar surface area (TPSA) is 78.0 Å². The second-order valence-electron chi connectivity index (χ2n) is 5.94. The van der Waals surface area contributed by atoms with Crippen molar-refractivity contribution in [1.82, 2.24) is 9.78 Å². The highest BCUT2D eigenvalue weighted by atomic mass is 35.5. The van der Waals surface area contributed by atoms with E-state index in [9.17, 15) is 14.9 Å². The summed E-state index contributed by atoms with van der Waals surface area (Å²) >= 11 is 7.12. The van der Waals surface area contributed by atoms with Crippen LogP contribution in [0.15, 0.2) is 58.3 Å². The van der Waals surface area contributed by atoms with E-state index in [0.29, 0.717) is 21.3 Å². The molecule has 0 radical (unpaired) electrons. The molecule has 1 aromatic heterocycles. The van der Waals surface area contributed by atoms with Gasteiger partial charge in [0.15, 0.2) is 0 Å². The van der Waals surface area contributed by atoms with Gasteiger partial charge < -0.3 is 0 Å². The zero-order valence-corrected chi connectivity index (χ0v) is 16.3. The van der Waals surface area contributed by atoms with Crippen LogP contribution in [-0.4, -0.2) is 20.6 Å². The number of benzene rings is 2. The molecule has 27 heavy (non-hydrogen) atoms. The lowest BCUT2D eigenvalue weighted by Crippen LogP contribution is -2.16. The standard InChI is InChI=1S/C19H16ClN3O3S/c1-12-19(27-17-6-4-3-5-16(17)23(25)26)13(2)22(21-12)18(24)11-14-7-9-15(20)10-8-14/h3-10H,11H2,1-2H3. The van der Waals surface area contributed by atoms with Gasteiger partial charge in [0.1, 0.15) is 0 Å². The lowest BCUT2D eigenvalue weighted by molar-refractivity contribution is -0.387. The number of rotatable bonds is 5. The van der Waals surface area contributed by atoms with Crippen LogP contribution in [0.1, 0.15) is 21.7 Å². The van der Waals surface area contributed by atoms with Crippen LogP contribution in [0, 0.1) is 24.0 Å². The third-order valence-corrected chi connectivity index (χ3v) is 5.62. The number of nitro benzene ring substituents is 1. The number of aromatic nitrogens is 2. The normalized spacial score (nSPS) is 10.8. The van der Waals surface area contributed by atoms with Gasteiger partial charge in [0.2, 0.25) is 0 Å². The first-order chi connectivity index (χ1) is 12.9. The van der Waals surface area contributed by atoms with E-state index < -0.39 is 4.92 Å². The molecule has 0 amide bonds. The number of hydrogen-bond donors (Lipinski definition) is 0. The van der Waals surface area contributed by atoms with Gasteiger partial charge in [-0.3, -0.25) is 14.9 Å². The van der Waals surface area contributed by atoms with Crippen molar-refractivity contribution in [3.05, 3.63) is 80.6 Å². The molecular weight excluding hydrogens is 386 g/mol. The van der Waals surface area contributed by atoms with Gasteiger partial charge in [-0.15, -0.1) is 0 Å². The first-order valence-corrected chi connectivity index (χ1v) is 9.31. The molecule has 0 unspecified atom stereocenters. The summed E-state index contributed by atoms with van der Waals surface area (Å²) in [5.74, 6) is -0.174. The number of halogens is 1. The van der Waals surface area contributed by atoms with Crippen LogP contribution >= 0.6 is 23.4 Å². The van der Waals surface area contributed by atoms with E-state index in [1.165, 1.54) is 22.5 Å². The molecule has 0 spiro atoms. The molecule has 0 saturated carbocycles. The summed E-state index contributed by atoms with van der Waals surface area (Å²) in [6, 6.07) is 13.6. The van der Waals surface area contributed by atoms with Crippen LogP contribution in [0.3, 0.4) is 0 Å². The van der Waals surface area contributed by atoms with Gasteiger partial charge in [-0.2, -0.15) is 5.10 Å². The maximum Gasteiger partial charge on any atom is 0.283 e. The van der Waals surface area contributed by atoms with Crippen LogP contribution in [0.2, 0.25) is 5.02 Å². The highest BCUT2D eigenvalue weighted by Gasteiger charge is 2.21. The summed E-state index contributed by atoms with van der Waals surface area (Å²) in [5, 5.41) is 16.2. The number of nitrogens with zero attached hydrogens (tertiary/aromatic N) is 3. The molecule has 0 atom stereocenters. The Balaban J connectivity index is 1.88. The lowest BCUT2D eigenvalue weighted by Gasteiger charge is -2.05. The number of hydrogen-bond acceptors (Lipinski definition) is 5. The van der Waals surface area contributed by atoms with Crippen LogP contribution in [0.4, 0.5) is 5.69 Å². The predicted octanol–water partition coefficient (Wildman–Crippen LogP) is 5.10. The monoisotopic (exact) mass is 401 g/mol. The zero-order chi connectivity index (χ0) is 19.6. The van der Waals surface area contributed by atoms with Crippen LogP contribution < -0.4 is 0 Å². The maximum atomic E-state index is 12.7. The largest absolute Gasteiger partial charge is 0.283 e. The molecule has 0 N–H and O–H groups in total. The number of carbonyl (C=O) groups is 1.